The SMILES string of the molecule is O=C(Cc1c[nH][nH]c1=O)N1C[C@@H](Cc2ccnc3ccccc23)[C@H](O)C1. The molecule has 3 heterocycles. The van der Waals surface area contributed by atoms with Gasteiger partial charge in [0.2, 0.25) is 5.91 Å². The van der Waals surface area contributed by atoms with Crippen molar-refractivity contribution in [3.05, 3.63) is 64.2 Å². The highest BCUT2D eigenvalue weighted by atomic mass is 16.3. The first-order valence-electron chi connectivity index (χ1n) is 8.65. The molecular formula is C19H20N4O3. The van der Waals surface area contributed by atoms with E-state index in [1.165, 1.54) is 6.20 Å². The monoisotopic (exact) mass is 352 g/mol. The summed E-state index contributed by atoms with van der Waals surface area (Å²) in [5.74, 6) is -0.175. The average molecular weight is 352 g/mol. The van der Waals surface area contributed by atoms with Gasteiger partial charge in [0, 0.05) is 42.4 Å². The van der Waals surface area contributed by atoms with Crippen LogP contribution in [0.1, 0.15) is 11.1 Å². The largest absolute Gasteiger partial charge is 0.391 e. The first kappa shape index (κ1) is 16.5. The third kappa shape index (κ3) is 3.13. The molecule has 26 heavy (non-hydrogen) atoms. The van der Waals surface area contributed by atoms with Gasteiger partial charge >= 0.3 is 0 Å². The van der Waals surface area contributed by atoms with E-state index in [2.05, 4.69) is 15.2 Å². The number of fused-ring (bicyclic) bond motifs is 1. The van der Waals surface area contributed by atoms with E-state index in [0.29, 0.717) is 25.1 Å². The molecular weight excluding hydrogens is 332 g/mol. The maximum atomic E-state index is 12.5. The molecule has 1 saturated heterocycles. The van der Waals surface area contributed by atoms with Crippen LogP contribution in [0.4, 0.5) is 0 Å². The molecule has 1 aromatic carbocycles. The molecule has 1 fully saturated rings. The number of aliphatic hydroxyl groups excluding tert-OH is 1. The minimum absolute atomic E-state index is 0.0331. The third-order valence-electron chi connectivity index (χ3n) is 5.05. The first-order chi connectivity index (χ1) is 12.6. The van der Waals surface area contributed by atoms with Crippen LogP contribution in [0.25, 0.3) is 10.9 Å². The summed E-state index contributed by atoms with van der Waals surface area (Å²) in [6.45, 7) is 0.786. The summed E-state index contributed by atoms with van der Waals surface area (Å²) in [6, 6.07) is 9.89. The van der Waals surface area contributed by atoms with Crippen molar-refractivity contribution in [2.24, 2.45) is 5.92 Å². The van der Waals surface area contributed by atoms with Gasteiger partial charge in [-0.2, -0.15) is 0 Å². The minimum Gasteiger partial charge on any atom is -0.391 e. The Morgan fingerprint density at radius 2 is 2.08 bits per heavy atom. The number of likely N-dealkylation sites (tertiary alicyclic amines) is 1. The number of benzene rings is 1. The van der Waals surface area contributed by atoms with Crippen molar-refractivity contribution in [3.63, 3.8) is 0 Å². The molecule has 0 saturated carbocycles. The predicted molar refractivity (Wildman–Crippen MR) is 96.6 cm³/mol. The summed E-state index contributed by atoms with van der Waals surface area (Å²) >= 11 is 0. The van der Waals surface area contributed by atoms with E-state index in [1.54, 1.807) is 11.1 Å². The summed E-state index contributed by atoms with van der Waals surface area (Å²) in [5.41, 5.74) is 2.18. The lowest BCUT2D eigenvalue weighted by Crippen LogP contribution is -2.32. The second-order valence-electron chi connectivity index (χ2n) is 6.76. The number of H-pyrrole nitrogens is 2. The van der Waals surface area contributed by atoms with E-state index >= 15 is 0 Å². The number of aromatic nitrogens is 3. The Morgan fingerprint density at radius 1 is 1.23 bits per heavy atom. The van der Waals surface area contributed by atoms with Crippen molar-refractivity contribution in [1.82, 2.24) is 20.1 Å². The number of rotatable bonds is 4. The number of aromatic amines is 2. The number of hydrogen-bond donors (Lipinski definition) is 3. The molecule has 0 radical (unpaired) electrons. The van der Waals surface area contributed by atoms with Crippen molar-refractivity contribution in [2.75, 3.05) is 13.1 Å². The van der Waals surface area contributed by atoms with E-state index in [9.17, 15) is 14.7 Å². The Balaban J connectivity index is 1.48. The standard InChI is InChI=1S/C19H20N4O3/c24-17-11-23(18(25)8-13-9-21-22-19(13)26)10-14(17)7-12-5-6-20-16-4-2-1-3-15(12)16/h1-6,9,14,17,24H,7-8,10-11H2,(H2,21,22,26)/t14-,17-/m1/s1. The second-order valence-corrected chi connectivity index (χ2v) is 6.76. The van der Waals surface area contributed by atoms with E-state index in [-0.39, 0.29) is 23.8 Å². The number of nitrogens with zero attached hydrogens (tertiary/aromatic N) is 2. The van der Waals surface area contributed by atoms with E-state index in [1.807, 2.05) is 30.3 Å². The molecule has 134 valence electrons. The number of pyridine rings is 1. The number of carbonyl (C=O) groups is 1. The highest BCUT2D eigenvalue weighted by Gasteiger charge is 2.34. The van der Waals surface area contributed by atoms with Crippen molar-refractivity contribution >= 4 is 16.8 Å². The number of aliphatic hydroxyl groups is 1. The number of amides is 1. The Bertz CT molecular complexity index is 988. The van der Waals surface area contributed by atoms with Crippen LogP contribution < -0.4 is 5.56 Å². The fraction of sp³-hybridized carbons (Fsp3) is 0.316. The molecule has 0 aliphatic carbocycles. The molecule has 4 rings (SSSR count). The summed E-state index contributed by atoms with van der Waals surface area (Å²) in [5, 5.41) is 16.5. The topological polar surface area (TPSA) is 102 Å². The molecule has 1 aliphatic rings. The fourth-order valence-corrected chi connectivity index (χ4v) is 3.61. The van der Waals surface area contributed by atoms with Crippen LogP contribution in [0.3, 0.4) is 0 Å². The van der Waals surface area contributed by atoms with Crippen molar-refractivity contribution in [1.29, 1.82) is 0 Å². The van der Waals surface area contributed by atoms with Gasteiger partial charge in [-0.1, -0.05) is 18.2 Å². The fourth-order valence-electron chi connectivity index (χ4n) is 3.61. The van der Waals surface area contributed by atoms with Gasteiger partial charge in [-0.15, -0.1) is 0 Å². The van der Waals surface area contributed by atoms with Gasteiger partial charge in [-0.3, -0.25) is 19.7 Å². The molecule has 1 aliphatic heterocycles. The highest BCUT2D eigenvalue weighted by molar-refractivity contribution is 5.82. The molecule has 1 amide bonds. The zero-order chi connectivity index (χ0) is 18.1. The molecule has 3 N–H and O–H groups in total. The lowest BCUT2D eigenvalue weighted by molar-refractivity contribution is -0.129. The number of nitrogens with one attached hydrogen (secondary N) is 2. The zero-order valence-corrected chi connectivity index (χ0v) is 14.2. The number of hydrogen-bond acceptors (Lipinski definition) is 4. The Hall–Kier alpha value is -2.93. The Morgan fingerprint density at radius 3 is 2.88 bits per heavy atom. The lowest BCUT2D eigenvalue weighted by Gasteiger charge is -2.16. The maximum absolute atomic E-state index is 12.5. The van der Waals surface area contributed by atoms with E-state index in [0.717, 1.165) is 16.5 Å². The molecule has 7 heteroatoms. The normalized spacial score (nSPS) is 20.0. The molecule has 7 nitrogen and oxygen atoms in total. The Labute approximate surface area is 149 Å². The third-order valence-corrected chi connectivity index (χ3v) is 5.05. The van der Waals surface area contributed by atoms with Crippen LogP contribution in [0.15, 0.2) is 47.5 Å². The lowest BCUT2D eigenvalue weighted by atomic mass is 9.94. The highest BCUT2D eigenvalue weighted by Crippen LogP contribution is 2.25. The van der Waals surface area contributed by atoms with Crippen LogP contribution in [-0.4, -0.2) is 50.3 Å². The quantitative estimate of drug-likeness (QED) is 0.648. The van der Waals surface area contributed by atoms with E-state index < -0.39 is 6.10 Å². The van der Waals surface area contributed by atoms with Gasteiger partial charge in [0.25, 0.3) is 5.56 Å². The number of para-hydroxylation sites is 1. The Kier molecular flexibility index (Phi) is 4.30. The van der Waals surface area contributed by atoms with Crippen LogP contribution in [0.2, 0.25) is 0 Å². The molecule has 0 unspecified atom stereocenters. The van der Waals surface area contributed by atoms with Gasteiger partial charge in [0.1, 0.15) is 0 Å². The molecule has 3 aromatic rings. The molecule has 2 aromatic heterocycles. The number of β-amino-alcohol motifs (C(OH)–C–C–N with tert-alkyl or cyclic N) is 1. The van der Waals surface area contributed by atoms with Crippen molar-refractivity contribution < 1.29 is 9.90 Å². The van der Waals surface area contributed by atoms with Gasteiger partial charge in [0.05, 0.1) is 18.0 Å². The molecule has 0 bridgehead atoms. The van der Waals surface area contributed by atoms with Crippen LogP contribution in [0.5, 0.6) is 0 Å². The van der Waals surface area contributed by atoms with Gasteiger partial charge in [0.15, 0.2) is 0 Å². The summed E-state index contributed by atoms with van der Waals surface area (Å²) < 4.78 is 0. The first-order valence-corrected chi connectivity index (χ1v) is 8.65. The van der Waals surface area contributed by atoms with E-state index in [4.69, 9.17) is 0 Å². The second kappa shape index (κ2) is 6.76. The van der Waals surface area contributed by atoms with Crippen LogP contribution >= 0.6 is 0 Å². The van der Waals surface area contributed by atoms with Crippen LogP contribution in [0, 0.1) is 5.92 Å². The minimum atomic E-state index is -0.574. The van der Waals surface area contributed by atoms with Crippen LogP contribution in [-0.2, 0) is 17.6 Å². The predicted octanol–water partition coefficient (Wildman–Crippen LogP) is 0.856. The van der Waals surface area contributed by atoms with Crippen molar-refractivity contribution in [2.45, 2.75) is 18.9 Å². The molecule has 0 spiro atoms. The molecule has 2 atom stereocenters. The summed E-state index contributed by atoms with van der Waals surface area (Å²) in [4.78, 5) is 30.0. The van der Waals surface area contributed by atoms with Gasteiger partial charge < -0.3 is 15.1 Å². The summed E-state index contributed by atoms with van der Waals surface area (Å²) in [7, 11) is 0. The average Bonchev–Trinajstić information content (AvgIpc) is 3.21. The van der Waals surface area contributed by atoms with Crippen molar-refractivity contribution in [3.8, 4) is 0 Å². The zero-order valence-electron chi connectivity index (χ0n) is 14.2. The smallest absolute Gasteiger partial charge is 0.267 e. The van der Waals surface area contributed by atoms with Gasteiger partial charge in [-0.25, -0.2) is 0 Å². The maximum Gasteiger partial charge on any atom is 0.267 e. The van der Waals surface area contributed by atoms with Gasteiger partial charge in [-0.05, 0) is 24.1 Å². The number of carbonyl (C=O) groups excluding carboxylic acids is 1. The summed E-state index contributed by atoms with van der Waals surface area (Å²) in [6.07, 6.45) is 3.43.